The summed E-state index contributed by atoms with van der Waals surface area (Å²) in [5.74, 6) is 8.26. The molecule has 6 heterocycles. The molecule has 0 spiro atoms. The summed E-state index contributed by atoms with van der Waals surface area (Å²) in [4.78, 5) is 23.5. The molecule has 0 fully saturated rings. The molecule has 0 aliphatic heterocycles. The van der Waals surface area contributed by atoms with Crippen LogP contribution >= 0.6 is 0 Å². The molecule has 0 unspecified atom stereocenters. The second-order valence-electron chi connectivity index (χ2n) is 16.8. The Kier molecular flexibility index (Phi) is 12.3. The predicted molar refractivity (Wildman–Crippen MR) is 240 cm³/mol. The molecular formula is C50H47FGeIrN6O-2. The van der Waals surface area contributed by atoms with Crippen LogP contribution in [0.1, 0.15) is 41.9 Å². The summed E-state index contributed by atoms with van der Waals surface area (Å²) in [6, 6.07) is 34.0. The van der Waals surface area contributed by atoms with Gasteiger partial charge in [0.2, 0.25) is 5.71 Å². The van der Waals surface area contributed by atoms with Crippen LogP contribution in [0.15, 0.2) is 108 Å². The van der Waals surface area contributed by atoms with E-state index in [1.54, 1.807) is 12.3 Å². The number of rotatable bonds is 7. The van der Waals surface area contributed by atoms with E-state index >= 15 is 0 Å². The first-order valence-electron chi connectivity index (χ1n) is 20.0. The SMILES string of the molecule is CC(C)Cc1cc(-c2[c-]cc(F)cc2)nc[c]1[Ge]([CH3])([CH3])[CH3].Cc1cc2nc(-c3[c-]cnc4c3oc3nc(C)ccc34)n(-c3c(C)cc(-c4ccccc4)cc3C)c2cn1.[Ir]. The Bertz CT molecular complexity index is 2970. The summed E-state index contributed by atoms with van der Waals surface area (Å²) >= 11 is -1.93. The van der Waals surface area contributed by atoms with Gasteiger partial charge in [-0.15, -0.1) is 11.6 Å². The number of halogens is 1. The predicted octanol–water partition coefficient (Wildman–Crippen LogP) is 11.9. The maximum Gasteiger partial charge on any atom is 0.215 e. The molecule has 10 heteroatoms. The van der Waals surface area contributed by atoms with Gasteiger partial charge in [-0.05, 0) is 86.5 Å². The molecule has 0 bridgehead atoms. The van der Waals surface area contributed by atoms with Crippen molar-refractivity contribution in [3.8, 4) is 39.5 Å². The molecule has 9 rings (SSSR count). The molecule has 305 valence electrons. The summed E-state index contributed by atoms with van der Waals surface area (Å²) in [7, 11) is 0. The van der Waals surface area contributed by atoms with E-state index in [0.29, 0.717) is 17.2 Å². The van der Waals surface area contributed by atoms with Gasteiger partial charge in [0.25, 0.3) is 0 Å². The van der Waals surface area contributed by atoms with Gasteiger partial charge in [-0.25, -0.2) is 4.98 Å². The Labute approximate surface area is 367 Å². The van der Waals surface area contributed by atoms with E-state index in [1.807, 2.05) is 50.5 Å². The third-order valence-corrected chi connectivity index (χ3v) is 14.8. The normalized spacial score (nSPS) is 11.6. The molecule has 0 aliphatic carbocycles. The number of aromatic nitrogens is 6. The number of aryl methyl sites for hydroxylation is 4. The molecule has 0 atom stereocenters. The molecule has 0 N–H and O–H groups in total. The van der Waals surface area contributed by atoms with Crippen molar-refractivity contribution in [2.75, 3.05) is 0 Å². The van der Waals surface area contributed by atoms with Crippen LogP contribution in [0.3, 0.4) is 0 Å². The van der Waals surface area contributed by atoms with Crippen molar-refractivity contribution in [1.82, 2.24) is 29.5 Å². The molecule has 0 saturated heterocycles. The zero-order chi connectivity index (χ0) is 41.6. The number of imidazole rings is 1. The molecule has 0 aliphatic rings. The molecule has 9 aromatic rings. The minimum Gasteiger partial charge on any atom is -0.499 e. The van der Waals surface area contributed by atoms with Gasteiger partial charge in [-0.2, -0.15) is 0 Å². The molecule has 7 nitrogen and oxygen atoms in total. The topological polar surface area (TPSA) is 82.5 Å². The van der Waals surface area contributed by atoms with E-state index in [4.69, 9.17) is 9.40 Å². The smallest absolute Gasteiger partial charge is 0.215 e. The van der Waals surface area contributed by atoms with Gasteiger partial charge < -0.3 is 8.98 Å². The minimum absolute atomic E-state index is 0. The van der Waals surface area contributed by atoms with Gasteiger partial charge in [0.1, 0.15) is 0 Å². The second kappa shape index (κ2) is 17.3. The number of pyridine rings is 4. The van der Waals surface area contributed by atoms with Crippen LogP contribution in [0, 0.1) is 51.6 Å². The van der Waals surface area contributed by atoms with E-state index in [0.717, 1.165) is 79.2 Å². The third kappa shape index (κ3) is 8.62. The van der Waals surface area contributed by atoms with Crippen molar-refractivity contribution < 1.29 is 28.9 Å². The fraction of sp³-hybridized carbons (Fsp3) is 0.220. The number of hydrogen-bond donors (Lipinski definition) is 0. The van der Waals surface area contributed by atoms with E-state index in [2.05, 4.69) is 124 Å². The van der Waals surface area contributed by atoms with Crippen LogP contribution in [0.4, 0.5) is 4.39 Å². The fourth-order valence-corrected chi connectivity index (χ4v) is 11.2. The van der Waals surface area contributed by atoms with Gasteiger partial charge in [0, 0.05) is 43.0 Å². The summed E-state index contributed by atoms with van der Waals surface area (Å²) in [6.45, 7) is 12.7. The number of furan rings is 1. The van der Waals surface area contributed by atoms with Crippen LogP contribution in [0.25, 0.3) is 72.7 Å². The Balaban J connectivity index is 0.000000212. The van der Waals surface area contributed by atoms with Crippen molar-refractivity contribution >= 4 is 50.9 Å². The zero-order valence-corrected chi connectivity index (χ0v) is 39.9. The largest absolute Gasteiger partial charge is 0.499 e. The van der Waals surface area contributed by atoms with Crippen molar-refractivity contribution in [2.45, 2.75) is 65.2 Å². The van der Waals surface area contributed by atoms with Gasteiger partial charge in [-0.1, -0.05) is 30.3 Å². The summed E-state index contributed by atoms with van der Waals surface area (Å²) in [5.41, 5.74) is 15.1. The van der Waals surface area contributed by atoms with E-state index in [9.17, 15) is 4.39 Å². The van der Waals surface area contributed by atoms with Crippen molar-refractivity contribution in [3.63, 3.8) is 0 Å². The molecule has 6 aromatic heterocycles. The summed E-state index contributed by atoms with van der Waals surface area (Å²) in [6.07, 6.45) is 6.70. The number of nitrogens with zero attached hydrogens (tertiary/aromatic N) is 6. The van der Waals surface area contributed by atoms with Crippen molar-refractivity contribution in [1.29, 1.82) is 0 Å². The Morgan fingerprint density at radius 2 is 1.53 bits per heavy atom. The monoisotopic (exact) mass is 1030 g/mol. The first-order valence-corrected chi connectivity index (χ1v) is 27.4. The molecule has 60 heavy (non-hydrogen) atoms. The third-order valence-electron chi connectivity index (χ3n) is 10.5. The maximum absolute atomic E-state index is 13.0. The van der Waals surface area contributed by atoms with Crippen LogP contribution in [0.5, 0.6) is 0 Å². The van der Waals surface area contributed by atoms with E-state index in [1.165, 1.54) is 33.2 Å². The quantitative estimate of drug-likeness (QED) is 0.117. The number of hydrogen-bond acceptors (Lipinski definition) is 6. The minimum atomic E-state index is -1.93. The molecule has 0 amide bonds. The molecule has 1 radical (unpaired) electrons. The zero-order valence-electron chi connectivity index (χ0n) is 35.4. The fourth-order valence-electron chi connectivity index (χ4n) is 7.82. The average molecular weight is 1030 g/mol. The van der Waals surface area contributed by atoms with Crippen molar-refractivity contribution in [2.24, 2.45) is 5.92 Å². The van der Waals surface area contributed by atoms with Gasteiger partial charge in [0.15, 0.2) is 0 Å². The number of fused-ring (bicyclic) bond motifs is 4. The van der Waals surface area contributed by atoms with Crippen LogP contribution in [-0.4, -0.2) is 42.8 Å². The van der Waals surface area contributed by atoms with Gasteiger partial charge in [0.05, 0.1) is 33.7 Å². The van der Waals surface area contributed by atoms with Crippen LogP contribution < -0.4 is 4.40 Å². The van der Waals surface area contributed by atoms with E-state index in [-0.39, 0.29) is 25.9 Å². The molecule has 3 aromatic carbocycles. The van der Waals surface area contributed by atoms with Crippen molar-refractivity contribution in [3.05, 3.63) is 150 Å². The molecular weight excluding hydrogens is 984 g/mol. The first-order chi connectivity index (χ1) is 28.2. The standard InChI is InChI=1S/C32H24N5O.C18H23FGeN.Ir/c1-18-14-23(22-8-6-5-7-9-22)15-19(2)29(18)37-27-17-34-21(4)16-26(27)36-31(37)25-12-13-33-28-24-11-10-20(3)35-32(24)38-30(25)28;1-13(2)10-15-11-18(14-6-8-16(19)9-7-14)21-12-17(15)20(3,4)5;/h5-11,13-17H,1-4H3;6,8-9,11-13H,10H2,1-5H3;/q2*-1;. The van der Waals surface area contributed by atoms with Crippen LogP contribution in [-0.2, 0) is 26.5 Å². The summed E-state index contributed by atoms with van der Waals surface area (Å²) in [5, 5.41) is 0.876. The summed E-state index contributed by atoms with van der Waals surface area (Å²) < 4.78 is 23.0. The number of benzene rings is 3. The Hall–Kier alpha value is -5.35. The second-order valence-corrected chi connectivity index (χ2v) is 27.3. The average Bonchev–Trinajstić information content (AvgIpc) is 3.75. The van der Waals surface area contributed by atoms with Gasteiger partial charge >= 0.3 is 130 Å². The molecule has 0 saturated carbocycles. The van der Waals surface area contributed by atoms with E-state index < -0.39 is 13.3 Å². The van der Waals surface area contributed by atoms with Crippen LogP contribution in [0.2, 0.25) is 17.3 Å². The van der Waals surface area contributed by atoms with Gasteiger partial charge in [-0.3, -0.25) is 15.0 Å². The maximum atomic E-state index is 13.0. The first kappa shape index (κ1) is 42.8. The Morgan fingerprint density at radius 1 is 0.783 bits per heavy atom. The Morgan fingerprint density at radius 3 is 2.22 bits per heavy atom.